The summed E-state index contributed by atoms with van der Waals surface area (Å²) in [6, 6.07) is 5.98. The fraction of sp³-hybridized carbons (Fsp3) is 0.647. The van der Waals surface area contributed by atoms with Crippen LogP contribution in [0.4, 0.5) is 0 Å². The molecule has 4 atom stereocenters. The second kappa shape index (κ2) is 5.96. The number of aliphatic hydroxyl groups excluding tert-OH is 1. The molecule has 0 aromatic heterocycles. The molecule has 2 nitrogen and oxygen atoms in total. The highest BCUT2D eigenvalue weighted by molar-refractivity contribution is 5.37. The minimum atomic E-state index is -0.414. The summed E-state index contributed by atoms with van der Waals surface area (Å²) in [6.45, 7) is 8.50. The van der Waals surface area contributed by atoms with Gasteiger partial charge in [-0.1, -0.05) is 19.9 Å². The van der Waals surface area contributed by atoms with Gasteiger partial charge in [0.25, 0.3) is 0 Å². The third kappa shape index (κ3) is 3.50. The maximum atomic E-state index is 9.58. The van der Waals surface area contributed by atoms with Crippen molar-refractivity contribution in [2.45, 2.75) is 59.2 Å². The van der Waals surface area contributed by atoms with Gasteiger partial charge >= 0.3 is 0 Å². The Kier molecular flexibility index (Phi) is 4.51. The average molecular weight is 262 g/mol. The molecule has 1 aliphatic rings. The molecule has 3 unspecified atom stereocenters. The zero-order valence-electron chi connectivity index (χ0n) is 12.5. The van der Waals surface area contributed by atoms with E-state index in [1.807, 2.05) is 18.2 Å². The van der Waals surface area contributed by atoms with Crippen LogP contribution in [-0.2, 0) is 0 Å². The highest BCUT2D eigenvalue weighted by Gasteiger charge is 2.26. The molecule has 0 amide bonds. The zero-order chi connectivity index (χ0) is 14.0. The van der Waals surface area contributed by atoms with Crippen molar-refractivity contribution in [2.75, 3.05) is 0 Å². The van der Waals surface area contributed by atoms with E-state index in [9.17, 15) is 5.11 Å². The van der Waals surface area contributed by atoms with E-state index in [1.165, 1.54) is 6.42 Å². The topological polar surface area (TPSA) is 29.5 Å². The fourth-order valence-corrected chi connectivity index (χ4v) is 2.85. The maximum absolute atomic E-state index is 9.58. The predicted molar refractivity (Wildman–Crippen MR) is 78.4 cm³/mol. The van der Waals surface area contributed by atoms with E-state index < -0.39 is 6.10 Å². The van der Waals surface area contributed by atoms with Crippen molar-refractivity contribution in [1.82, 2.24) is 0 Å². The molecule has 0 radical (unpaired) electrons. The minimum absolute atomic E-state index is 0.349. The van der Waals surface area contributed by atoms with Gasteiger partial charge in [0.05, 0.1) is 12.2 Å². The summed E-state index contributed by atoms with van der Waals surface area (Å²) < 4.78 is 6.16. The highest BCUT2D eigenvalue weighted by atomic mass is 16.5. The molecular formula is C17H26O2. The van der Waals surface area contributed by atoms with Crippen LogP contribution in [0.2, 0.25) is 0 Å². The monoisotopic (exact) mass is 262 g/mol. The Labute approximate surface area is 116 Å². The summed E-state index contributed by atoms with van der Waals surface area (Å²) in [6.07, 6.45) is 3.50. The van der Waals surface area contributed by atoms with Gasteiger partial charge < -0.3 is 9.84 Å². The Morgan fingerprint density at radius 2 is 1.95 bits per heavy atom. The quantitative estimate of drug-likeness (QED) is 0.882. The number of hydrogen-bond donors (Lipinski definition) is 1. The third-order valence-corrected chi connectivity index (χ3v) is 4.53. The number of rotatable bonds is 3. The second-order valence-corrected chi connectivity index (χ2v) is 6.21. The SMILES string of the molecule is Cc1cc([C@H](C)O)ccc1OC1CCC(C)C(C)C1. The summed E-state index contributed by atoms with van der Waals surface area (Å²) >= 11 is 0. The van der Waals surface area contributed by atoms with Crippen molar-refractivity contribution >= 4 is 0 Å². The lowest BCUT2D eigenvalue weighted by atomic mass is 9.80. The lowest BCUT2D eigenvalue weighted by Crippen LogP contribution is -2.28. The van der Waals surface area contributed by atoms with E-state index in [1.54, 1.807) is 6.92 Å². The predicted octanol–water partition coefficient (Wildman–Crippen LogP) is 4.25. The van der Waals surface area contributed by atoms with E-state index in [2.05, 4.69) is 20.8 Å². The molecule has 1 saturated carbocycles. The van der Waals surface area contributed by atoms with Gasteiger partial charge in [-0.05, 0) is 68.2 Å². The summed E-state index contributed by atoms with van der Waals surface area (Å²) in [5.41, 5.74) is 2.07. The van der Waals surface area contributed by atoms with Gasteiger partial charge in [0.2, 0.25) is 0 Å². The Morgan fingerprint density at radius 1 is 1.21 bits per heavy atom. The van der Waals surface area contributed by atoms with Gasteiger partial charge in [-0.2, -0.15) is 0 Å². The lowest BCUT2D eigenvalue weighted by Gasteiger charge is -2.32. The van der Waals surface area contributed by atoms with Crippen molar-refractivity contribution in [3.63, 3.8) is 0 Å². The first-order valence-corrected chi connectivity index (χ1v) is 7.42. The molecular weight excluding hydrogens is 236 g/mol. The molecule has 0 heterocycles. The van der Waals surface area contributed by atoms with Crippen LogP contribution in [0, 0.1) is 18.8 Å². The Bertz CT molecular complexity index is 425. The molecule has 1 aromatic rings. The highest BCUT2D eigenvalue weighted by Crippen LogP contribution is 2.33. The van der Waals surface area contributed by atoms with Crippen LogP contribution in [-0.4, -0.2) is 11.2 Å². The third-order valence-electron chi connectivity index (χ3n) is 4.53. The van der Waals surface area contributed by atoms with Crippen LogP contribution in [0.1, 0.15) is 57.3 Å². The molecule has 1 N–H and O–H groups in total. The van der Waals surface area contributed by atoms with Crippen LogP contribution in [0.25, 0.3) is 0 Å². The Morgan fingerprint density at radius 3 is 2.53 bits per heavy atom. The van der Waals surface area contributed by atoms with Gasteiger partial charge in [0.1, 0.15) is 5.75 Å². The molecule has 1 aromatic carbocycles. The Balaban J connectivity index is 2.03. The second-order valence-electron chi connectivity index (χ2n) is 6.21. The molecule has 0 aliphatic heterocycles. The smallest absolute Gasteiger partial charge is 0.122 e. The van der Waals surface area contributed by atoms with Crippen LogP contribution in [0.3, 0.4) is 0 Å². The summed E-state index contributed by atoms with van der Waals surface area (Å²) in [7, 11) is 0. The summed E-state index contributed by atoms with van der Waals surface area (Å²) in [5.74, 6) is 2.53. The largest absolute Gasteiger partial charge is 0.490 e. The van der Waals surface area contributed by atoms with Crippen molar-refractivity contribution in [3.05, 3.63) is 29.3 Å². The first kappa shape index (κ1) is 14.4. The average Bonchev–Trinajstić information content (AvgIpc) is 2.36. The van der Waals surface area contributed by atoms with Gasteiger partial charge in [-0.15, -0.1) is 0 Å². The number of benzene rings is 1. The summed E-state index contributed by atoms with van der Waals surface area (Å²) in [5, 5.41) is 9.58. The van der Waals surface area contributed by atoms with E-state index in [0.29, 0.717) is 6.10 Å². The van der Waals surface area contributed by atoms with Crippen LogP contribution < -0.4 is 4.74 Å². The van der Waals surface area contributed by atoms with E-state index in [0.717, 1.165) is 41.6 Å². The standard InChI is InChI=1S/C17H26O2/c1-11-5-7-16(10-12(11)2)19-17-8-6-15(14(4)18)9-13(17)3/h6,8-9,11-12,14,16,18H,5,7,10H2,1-4H3/t11?,12?,14-,16?/m0/s1. The van der Waals surface area contributed by atoms with Crippen molar-refractivity contribution < 1.29 is 9.84 Å². The molecule has 2 rings (SSSR count). The molecule has 0 spiro atoms. The van der Waals surface area contributed by atoms with Crippen molar-refractivity contribution in [2.24, 2.45) is 11.8 Å². The molecule has 2 heteroatoms. The summed E-state index contributed by atoms with van der Waals surface area (Å²) in [4.78, 5) is 0. The number of aliphatic hydroxyl groups is 1. The van der Waals surface area contributed by atoms with E-state index in [-0.39, 0.29) is 0 Å². The molecule has 1 aliphatic carbocycles. The van der Waals surface area contributed by atoms with Crippen molar-refractivity contribution in [1.29, 1.82) is 0 Å². The van der Waals surface area contributed by atoms with Gasteiger partial charge in [0, 0.05) is 0 Å². The molecule has 0 bridgehead atoms. The zero-order valence-corrected chi connectivity index (χ0v) is 12.5. The number of ether oxygens (including phenoxy) is 1. The minimum Gasteiger partial charge on any atom is -0.490 e. The molecule has 0 saturated heterocycles. The van der Waals surface area contributed by atoms with Gasteiger partial charge in [-0.25, -0.2) is 0 Å². The molecule has 19 heavy (non-hydrogen) atoms. The number of aryl methyl sites for hydroxylation is 1. The van der Waals surface area contributed by atoms with Crippen LogP contribution in [0.5, 0.6) is 5.75 Å². The van der Waals surface area contributed by atoms with Gasteiger partial charge in [-0.3, -0.25) is 0 Å². The lowest BCUT2D eigenvalue weighted by molar-refractivity contribution is 0.0999. The fourth-order valence-electron chi connectivity index (χ4n) is 2.85. The van der Waals surface area contributed by atoms with Crippen LogP contribution >= 0.6 is 0 Å². The Hall–Kier alpha value is -1.02. The van der Waals surface area contributed by atoms with Crippen LogP contribution in [0.15, 0.2) is 18.2 Å². The first-order valence-electron chi connectivity index (χ1n) is 7.42. The first-order chi connectivity index (χ1) is 8.97. The van der Waals surface area contributed by atoms with E-state index in [4.69, 9.17) is 4.74 Å². The molecule has 1 fully saturated rings. The van der Waals surface area contributed by atoms with Crippen molar-refractivity contribution in [3.8, 4) is 5.75 Å². The molecule has 106 valence electrons. The van der Waals surface area contributed by atoms with Gasteiger partial charge in [0.15, 0.2) is 0 Å². The number of hydrogen-bond acceptors (Lipinski definition) is 2. The van der Waals surface area contributed by atoms with E-state index >= 15 is 0 Å². The maximum Gasteiger partial charge on any atom is 0.122 e. The normalized spacial score (nSPS) is 29.0.